The minimum Gasteiger partial charge on any atom is -0.459 e. The molecule has 0 amide bonds. The molecule has 142 valence electrons. The van der Waals surface area contributed by atoms with Crippen LogP contribution in [0.1, 0.15) is 25.7 Å². The summed E-state index contributed by atoms with van der Waals surface area (Å²) < 4.78 is 70.4. The van der Waals surface area contributed by atoms with E-state index < -0.39 is 40.2 Å². The molecule has 4 aliphatic rings. The maximum Gasteiger partial charge on any atom is 0.465 e. The molecule has 2 heterocycles. The number of rotatable bonds is 6. The number of fused-ring (bicyclic) bond motifs is 1. The summed E-state index contributed by atoms with van der Waals surface area (Å²) in [6.45, 7) is -0.863. The lowest BCUT2D eigenvalue weighted by atomic mass is 9.67. The fourth-order valence-electron chi connectivity index (χ4n) is 4.02. The van der Waals surface area contributed by atoms with Crippen molar-refractivity contribution >= 4 is 22.1 Å². The van der Waals surface area contributed by atoms with E-state index in [4.69, 9.17) is 14.0 Å². The van der Waals surface area contributed by atoms with Crippen molar-refractivity contribution < 1.29 is 45.6 Å². The molecule has 4 rings (SSSR count). The molecule has 2 aliphatic carbocycles. The average molecular weight is 384 g/mol. The topological polar surface area (TPSA) is 116 Å². The van der Waals surface area contributed by atoms with Gasteiger partial charge in [0.25, 0.3) is 0 Å². The van der Waals surface area contributed by atoms with Crippen LogP contribution in [0.5, 0.6) is 0 Å². The Hall–Kier alpha value is -1.33. The van der Waals surface area contributed by atoms with E-state index in [1.165, 1.54) is 0 Å². The Morgan fingerprint density at radius 3 is 2.64 bits per heavy atom. The molecule has 11 heteroatoms. The molecule has 2 aliphatic heterocycles. The highest BCUT2D eigenvalue weighted by Gasteiger charge is 2.54. The number of carbonyl (C=O) groups excluding carboxylic acids is 2. The van der Waals surface area contributed by atoms with Gasteiger partial charge in [-0.05, 0) is 37.5 Å². The molecule has 0 radical (unpaired) electrons. The molecule has 2 saturated heterocycles. The molecule has 5 unspecified atom stereocenters. The summed E-state index contributed by atoms with van der Waals surface area (Å²) in [5.41, 5.74) is 0. The fourth-order valence-corrected chi connectivity index (χ4v) is 4.29. The first-order chi connectivity index (χ1) is 11.6. The predicted octanol–water partition coefficient (Wildman–Crippen LogP) is 0.757. The number of carbonyl (C=O) groups is 2. The van der Waals surface area contributed by atoms with Gasteiger partial charge in [0.1, 0.15) is 12.7 Å². The van der Waals surface area contributed by atoms with Crippen LogP contribution in [-0.4, -0.2) is 55.6 Å². The summed E-state index contributed by atoms with van der Waals surface area (Å²) in [7, 11) is -5.89. The highest BCUT2D eigenvalue weighted by molar-refractivity contribution is 7.87. The van der Waals surface area contributed by atoms with E-state index >= 15 is 0 Å². The zero-order valence-electron chi connectivity index (χ0n) is 13.1. The minimum absolute atomic E-state index is 0.115. The summed E-state index contributed by atoms with van der Waals surface area (Å²) in [6, 6.07) is 0. The van der Waals surface area contributed by atoms with Gasteiger partial charge < -0.3 is 14.2 Å². The van der Waals surface area contributed by atoms with Crippen molar-refractivity contribution in [1.29, 1.82) is 0 Å². The molecule has 8 nitrogen and oxygen atoms in total. The van der Waals surface area contributed by atoms with E-state index in [-0.39, 0.29) is 24.4 Å². The average Bonchev–Trinajstić information content (AvgIpc) is 2.66. The molecular formula is C14H18F2O8S. The molecule has 0 aromatic heterocycles. The molecule has 1 N–H and O–H groups in total. The minimum atomic E-state index is -5.89. The van der Waals surface area contributed by atoms with Crippen molar-refractivity contribution in [3.8, 4) is 0 Å². The maximum absolute atomic E-state index is 13.0. The van der Waals surface area contributed by atoms with Crippen LogP contribution in [0, 0.1) is 17.8 Å². The summed E-state index contributed by atoms with van der Waals surface area (Å²) in [6.07, 6.45) is 2.25. The van der Waals surface area contributed by atoms with Gasteiger partial charge in [0.15, 0.2) is 0 Å². The number of hydrogen-bond acceptors (Lipinski definition) is 7. The van der Waals surface area contributed by atoms with Gasteiger partial charge in [-0.3, -0.25) is 9.35 Å². The maximum atomic E-state index is 13.0. The van der Waals surface area contributed by atoms with Gasteiger partial charge in [0.05, 0.1) is 18.6 Å². The van der Waals surface area contributed by atoms with Crippen LogP contribution in [0.4, 0.5) is 8.78 Å². The third kappa shape index (κ3) is 3.49. The van der Waals surface area contributed by atoms with E-state index in [1.807, 2.05) is 0 Å². The Kier molecular flexibility index (Phi) is 4.75. The largest absolute Gasteiger partial charge is 0.465 e. The molecule has 2 saturated carbocycles. The van der Waals surface area contributed by atoms with Crippen molar-refractivity contribution in [2.24, 2.45) is 17.8 Å². The zero-order chi connectivity index (χ0) is 18.4. The normalized spacial score (nSPS) is 34.5. The number of alkyl halides is 2. The van der Waals surface area contributed by atoms with Crippen LogP contribution in [-0.2, 0) is 33.9 Å². The highest BCUT2D eigenvalue weighted by atomic mass is 32.2. The monoisotopic (exact) mass is 384 g/mol. The predicted molar refractivity (Wildman–Crippen MR) is 76.0 cm³/mol. The van der Waals surface area contributed by atoms with Crippen LogP contribution in [0.3, 0.4) is 0 Å². The molecule has 5 atom stereocenters. The van der Waals surface area contributed by atoms with Crippen LogP contribution in [0.2, 0.25) is 0 Å². The van der Waals surface area contributed by atoms with Crippen LogP contribution < -0.4 is 0 Å². The lowest BCUT2D eigenvalue weighted by Crippen LogP contribution is -2.45. The van der Waals surface area contributed by atoms with Crippen LogP contribution in [0.15, 0.2) is 0 Å². The second-order valence-corrected chi connectivity index (χ2v) is 8.17. The summed E-state index contributed by atoms with van der Waals surface area (Å²) in [4.78, 5) is 23.0. The molecule has 25 heavy (non-hydrogen) atoms. The molecule has 0 spiro atoms. The number of ether oxygens (including phenoxy) is 3. The summed E-state index contributed by atoms with van der Waals surface area (Å²) in [5.74, 6) is -2.21. The van der Waals surface area contributed by atoms with Gasteiger partial charge in [0.2, 0.25) is 0 Å². The Morgan fingerprint density at radius 1 is 1.24 bits per heavy atom. The SMILES string of the molecule is O=C1OC2CC3CC1CC(C3)C2OCCOC(=O)C(F)(F)S(=O)(=O)O. The van der Waals surface area contributed by atoms with E-state index in [2.05, 4.69) is 4.74 Å². The van der Waals surface area contributed by atoms with Gasteiger partial charge in [-0.1, -0.05) is 0 Å². The zero-order valence-corrected chi connectivity index (χ0v) is 13.9. The summed E-state index contributed by atoms with van der Waals surface area (Å²) >= 11 is 0. The standard InChI is InChI=1S/C14H18F2O8S/c15-14(16,25(19,20)21)13(18)23-2-1-22-11-8-3-7-4-9(6-8)12(17)24-10(11)5-7/h7-11H,1-6H2,(H,19,20,21). The van der Waals surface area contributed by atoms with Crippen molar-refractivity contribution in [3.63, 3.8) is 0 Å². The van der Waals surface area contributed by atoms with E-state index in [1.54, 1.807) is 0 Å². The van der Waals surface area contributed by atoms with Gasteiger partial charge in [-0.25, -0.2) is 4.79 Å². The van der Waals surface area contributed by atoms with Gasteiger partial charge in [-0.15, -0.1) is 0 Å². The summed E-state index contributed by atoms with van der Waals surface area (Å²) in [5, 5.41) is -5.03. The Labute approximate surface area is 142 Å². The fraction of sp³-hybridized carbons (Fsp3) is 0.857. The number of halogens is 2. The van der Waals surface area contributed by atoms with Gasteiger partial charge in [0, 0.05) is 0 Å². The van der Waals surface area contributed by atoms with Gasteiger partial charge in [-0.2, -0.15) is 17.2 Å². The smallest absolute Gasteiger partial charge is 0.459 e. The Balaban J connectivity index is 1.51. The molecular weight excluding hydrogens is 366 g/mol. The Bertz CT molecular complexity index is 664. The molecule has 4 bridgehead atoms. The lowest BCUT2D eigenvalue weighted by Gasteiger charge is -2.41. The van der Waals surface area contributed by atoms with Crippen LogP contribution >= 0.6 is 0 Å². The second-order valence-electron chi connectivity index (χ2n) is 6.70. The third-order valence-electron chi connectivity index (χ3n) is 5.03. The van der Waals surface area contributed by atoms with Crippen LogP contribution in [0.25, 0.3) is 0 Å². The first-order valence-corrected chi connectivity index (χ1v) is 9.37. The highest BCUT2D eigenvalue weighted by Crippen LogP contribution is 2.48. The van der Waals surface area contributed by atoms with Crippen molar-refractivity contribution in [1.82, 2.24) is 0 Å². The second kappa shape index (κ2) is 6.44. The molecule has 0 aromatic rings. The Morgan fingerprint density at radius 2 is 1.96 bits per heavy atom. The first kappa shape index (κ1) is 18.5. The van der Waals surface area contributed by atoms with Crippen molar-refractivity contribution in [2.45, 2.75) is 43.1 Å². The first-order valence-electron chi connectivity index (χ1n) is 7.93. The van der Waals surface area contributed by atoms with E-state index in [9.17, 15) is 26.8 Å². The third-order valence-corrected chi connectivity index (χ3v) is 5.84. The van der Waals surface area contributed by atoms with E-state index in [0.29, 0.717) is 18.8 Å². The quantitative estimate of drug-likeness (QED) is 0.405. The number of esters is 2. The van der Waals surface area contributed by atoms with Crippen molar-refractivity contribution in [3.05, 3.63) is 0 Å². The van der Waals surface area contributed by atoms with Crippen molar-refractivity contribution in [2.75, 3.05) is 13.2 Å². The lowest BCUT2D eigenvalue weighted by molar-refractivity contribution is -0.168. The molecule has 0 aromatic carbocycles. The molecule has 4 fully saturated rings. The number of hydrogen-bond donors (Lipinski definition) is 1. The van der Waals surface area contributed by atoms with E-state index in [0.717, 1.165) is 12.8 Å². The van der Waals surface area contributed by atoms with Gasteiger partial charge >= 0.3 is 27.3 Å².